The molecule has 3 rings (SSSR count). The number of thioether (sulfide) groups is 1. The van der Waals surface area contributed by atoms with Crippen molar-refractivity contribution in [1.82, 2.24) is 4.57 Å². The first kappa shape index (κ1) is 14.4. The first-order chi connectivity index (χ1) is 9.97. The Morgan fingerprint density at radius 2 is 1.95 bits per heavy atom. The van der Waals surface area contributed by atoms with Gasteiger partial charge < -0.3 is 0 Å². The summed E-state index contributed by atoms with van der Waals surface area (Å²) in [6, 6.07) is 11.6. The fraction of sp³-hybridized carbons (Fsp3) is 0.267. The summed E-state index contributed by atoms with van der Waals surface area (Å²) in [7, 11) is -3.39. The molecular formula is C15H15NO3S2. The molecule has 0 bridgehead atoms. The molecule has 1 aromatic heterocycles. The van der Waals surface area contributed by atoms with Gasteiger partial charge in [-0.3, -0.25) is 9.36 Å². The van der Waals surface area contributed by atoms with Crippen LogP contribution < -0.4 is 5.56 Å². The predicted molar refractivity (Wildman–Crippen MR) is 83.7 cm³/mol. The number of pyridine rings is 1. The highest BCUT2D eigenvalue weighted by atomic mass is 32.2. The summed E-state index contributed by atoms with van der Waals surface area (Å²) >= 11 is 1.54. The number of nitrogens with zero attached hydrogens (tertiary/aromatic N) is 1. The molecular weight excluding hydrogens is 306 g/mol. The van der Waals surface area contributed by atoms with Crippen molar-refractivity contribution in [3.63, 3.8) is 0 Å². The fourth-order valence-corrected chi connectivity index (χ4v) is 5.47. The summed E-state index contributed by atoms with van der Waals surface area (Å²) in [6.45, 7) is 1.87. The van der Waals surface area contributed by atoms with Crippen molar-refractivity contribution < 1.29 is 8.42 Å². The summed E-state index contributed by atoms with van der Waals surface area (Å²) in [4.78, 5) is 12.4. The minimum Gasteiger partial charge on any atom is -0.298 e. The second kappa shape index (κ2) is 5.35. The van der Waals surface area contributed by atoms with E-state index in [4.69, 9.17) is 0 Å². The molecule has 0 aliphatic carbocycles. The van der Waals surface area contributed by atoms with E-state index in [0.29, 0.717) is 10.6 Å². The molecule has 2 heterocycles. The molecule has 0 unspecified atom stereocenters. The summed E-state index contributed by atoms with van der Waals surface area (Å²) in [6.07, 6.45) is 0. The van der Waals surface area contributed by atoms with Crippen molar-refractivity contribution in [2.45, 2.75) is 22.9 Å². The second-order valence-electron chi connectivity index (χ2n) is 5.14. The van der Waals surface area contributed by atoms with Gasteiger partial charge in [-0.25, -0.2) is 8.42 Å². The Kier molecular flexibility index (Phi) is 3.67. The predicted octanol–water partition coefficient (Wildman–Crippen LogP) is 2.28. The zero-order valence-electron chi connectivity index (χ0n) is 11.5. The minimum absolute atomic E-state index is 0.0417. The van der Waals surface area contributed by atoms with Gasteiger partial charge in [-0.2, -0.15) is 0 Å². The molecule has 0 amide bonds. The van der Waals surface area contributed by atoms with Crippen LogP contribution in [0, 0.1) is 6.92 Å². The molecule has 1 aromatic carbocycles. The lowest BCUT2D eigenvalue weighted by Gasteiger charge is -2.14. The molecule has 4 nitrogen and oxygen atoms in total. The standard InChI is InChI=1S/C15H15NO3S2/c1-11-7-14(17)16-12(9-20-15(16)8-11)10-21(18,19)13-5-3-2-4-6-13/h2-8,12H,9-10H2,1H3/t12-/m0/s1. The average molecular weight is 321 g/mol. The van der Waals surface area contributed by atoms with Crippen LogP contribution in [0.25, 0.3) is 0 Å². The third-order valence-electron chi connectivity index (χ3n) is 3.48. The van der Waals surface area contributed by atoms with Gasteiger partial charge >= 0.3 is 0 Å². The molecule has 110 valence electrons. The van der Waals surface area contributed by atoms with Crippen molar-refractivity contribution >= 4 is 21.6 Å². The highest BCUT2D eigenvalue weighted by Crippen LogP contribution is 2.33. The fourth-order valence-electron chi connectivity index (χ4n) is 2.51. The Balaban J connectivity index is 1.95. The van der Waals surface area contributed by atoms with Crippen LogP contribution in [0.15, 0.2) is 57.2 Å². The summed E-state index contributed by atoms with van der Waals surface area (Å²) in [5, 5.41) is 0.855. The van der Waals surface area contributed by atoms with Crippen LogP contribution in [0.3, 0.4) is 0 Å². The van der Waals surface area contributed by atoms with Crippen LogP contribution in [-0.4, -0.2) is 24.5 Å². The van der Waals surface area contributed by atoms with Crippen molar-refractivity contribution in [1.29, 1.82) is 0 Å². The van der Waals surface area contributed by atoms with Crippen LogP contribution in [0.4, 0.5) is 0 Å². The highest BCUT2D eigenvalue weighted by Gasteiger charge is 2.29. The van der Waals surface area contributed by atoms with Gasteiger partial charge in [-0.05, 0) is 30.7 Å². The van der Waals surface area contributed by atoms with Gasteiger partial charge in [0.1, 0.15) is 0 Å². The zero-order valence-corrected chi connectivity index (χ0v) is 13.2. The maximum atomic E-state index is 12.5. The third-order valence-corrected chi connectivity index (χ3v) is 6.46. The minimum atomic E-state index is -3.39. The number of fused-ring (bicyclic) bond motifs is 1. The Labute approximate surface area is 127 Å². The molecule has 0 spiro atoms. The van der Waals surface area contributed by atoms with E-state index >= 15 is 0 Å². The Bertz CT molecular complexity index is 826. The van der Waals surface area contributed by atoms with Crippen LogP contribution in [0.1, 0.15) is 11.6 Å². The van der Waals surface area contributed by atoms with Gasteiger partial charge in [-0.1, -0.05) is 18.2 Å². The molecule has 1 aliphatic heterocycles. The molecule has 21 heavy (non-hydrogen) atoms. The number of sulfone groups is 1. The van der Waals surface area contributed by atoms with Gasteiger partial charge in [0.25, 0.3) is 5.56 Å². The van der Waals surface area contributed by atoms with Gasteiger partial charge in [0.05, 0.1) is 21.7 Å². The van der Waals surface area contributed by atoms with Crippen LogP contribution in [-0.2, 0) is 9.84 Å². The van der Waals surface area contributed by atoms with Crippen molar-refractivity contribution in [3.8, 4) is 0 Å². The monoisotopic (exact) mass is 321 g/mol. The number of aromatic nitrogens is 1. The van der Waals surface area contributed by atoms with Crippen LogP contribution in [0.2, 0.25) is 0 Å². The number of hydrogen-bond donors (Lipinski definition) is 0. The summed E-state index contributed by atoms with van der Waals surface area (Å²) in [5.74, 6) is 0.574. The van der Waals surface area contributed by atoms with E-state index in [1.807, 2.05) is 13.0 Å². The molecule has 0 saturated carbocycles. The third kappa shape index (κ3) is 2.78. The smallest absolute Gasteiger partial charge is 0.251 e. The van der Waals surface area contributed by atoms with Gasteiger partial charge in [0, 0.05) is 11.8 Å². The van der Waals surface area contributed by atoms with Crippen molar-refractivity contribution in [2.24, 2.45) is 0 Å². The number of benzene rings is 1. The van der Waals surface area contributed by atoms with E-state index in [1.165, 1.54) is 11.8 Å². The molecule has 0 fully saturated rings. The van der Waals surface area contributed by atoms with E-state index in [0.717, 1.165) is 10.6 Å². The molecule has 0 N–H and O–H groups in total. The lowest BCUT2D eigenvalue weighted by molar-refractivity contribution is 0.539. The molecule has 6 heteroatoms. The van der Waals surface area contributed by atoms with E-state index in [9.17, 15) is 13.2 Å². The average Bonchev–Trinajstić information content (AvgIpc) is 2.82. The molecule has 0 radical (unpaired) electrons. The molecule has 1 atom stereocenters. The topological polar surface area (TPSA) is 56.1 Å². The summed E-state index contributed by atoms with van der Waals surface area (Å²) in [5.41, 5.74) is 0.786. The molecule has 1 aliphatic rings. The lowest BCUT2D eigenvalue weighted by atomic mass is 10.3. The van der Waals surface area contributed by atoms with Gasteiger partial charge in [0.2, 0.25) is 0 Å². The normalized spacial score (nSPS) is 17.7. The first-order valence-corrected chi connectivity index (χ1v) is 9.25. The van der Waals surface area contributed by atoms with E-state index < -0.39 is 9.84 Å². The van der Waals surface area contributed by atoms with Gasteiger partial charge in [-0.15, -0.1) is 11.8 Å². The second-order valence-corrected chi connectivity index (χ2v) is 8.21. The first-order valence-electron chi connectivity index (χ1n) is 6.61. The van der Waals surface area contributed by atoms with E-state index in [2.05, 4.69) is 0 Å². The quantitative estimate of drug-likeness (QED) is 0.870. The summed E-state index contributed by atoms with van der Waals surface area (Å²) < 4.78 is 26.5. The maximum Gasteiger partial charge on any atom is 0.251 e. The van der Waals surface area contributed by atoms with Crippen molar-refractivity contribution in [2.75, 3.05) is 11.5 Å². The number of rotatable bonds is 3. The zero-order chi connectivity index (χ0) is 15.0. The Morgan fingerprint density at radius 1 is 1.24 bits per heavy atom. The van der Waals surface area contributed by atoms with Crippen molar-refractivity contribution in [3.05, 3.63) is 58.4 Å². The molecule has 2 aromatic rings. The van der Waals surface area contributed by atoms with Crippen LogP contribution >= 0.6 is 11.8 Å². The SMILES string of the molecule is Cc1cc2n(c(=O)c1)[C@H](CS(=O)(=O)c1ccccc1)CS2. The lowest BCUT2D eigenvalue weighted by Crippen LogP contribution is -2.28. The highest BCUT2D eigenvalue weighted by molar-refractivity contribution is 7.99. The molecule has 0 saturated heterocycles. The van der Waals surface area contributed by atoms with E-state index in [-0.39, 0.29) is 17.4 Å². The van der Waals surface area contributed by atoms with Crippen LogP contribution in [0.5, 0.6) is 0 Å². The number of aryl methyl sites for hydroxylation is 1. The Hall–Kier alpha value is -1.53. The van der Waals surface area contributed by atoms with E-state index in [1.54, 1.807) is 41.0 Å². The Morgan fingerprint density at radius 3 is 2.67 bits per heavy atom. The maximum absolute atomic E-state index is 12.5. The van der Waals surface area contributed by atoms with Gasteiger partial charge in [0.15, 0.2) is 9.84 Å². The number of hydrogen-bond acceptors (Lipinski definition) is 4. The largest absolute Gasteiger partial charge is 0.298 e.